The van der Waals surface area contributed by atoms with E-state index in [4.69, 9.17) is 4.74 Å². The van der Waals surface area contributed by atoms with Crippen molar-refractivity contribution in [2.45, 2.75) is 6.92 Å². The maximum atomic E-state index is 10.8. The number of fused-ring (bicyclic) bond motifs is 1. The summed E-state index contributed by atoms with van der Waals surface area (Å²) < 4.78 is 5.00. The molecule has 38 heavy (non-hydrogen) atoms. The average Bonchev–Trinajstić information content (AvgIpc) is 3.40. The molecule has 4 aromatic carbocycles. The van der Waals surface area contributed by atoms with Gasteiger partial charge < -0.3 is 9.64 Å². The Labute approximate surface area is 224 Å². The molecule has 0 unspecified atom stereocenters. The quantitative estimate of drug-likeness (QED) is 0.162. The Morgan fingerprint density at radius 2 is 1.55 bits per heavy atom. The van der Waals surface area contributed by atoms with Crippen molar-refractivity contribution in [3.8, 4) is 29.0 Å². The van der Waals surface area contributed by atoms with Gasteiger partial charge in [0.1, 0.15) is 28.5 Å². The van der Waals surface area contributed by atoms with Crippen LogP contribution in [0.2, 0.25) is 0 Å². The number of allylic oxidation sites excluding steroid dienone is 2. The van der Waals surface area contributed by atoms with Gasteiger partial charge in [-0.1, -0.05) is 66.7 Å². The lowest BCUT2D eigenvalue weighted by Crippen LogP contribution is -2.09. The first-order chi connectivity index (χ1) is 18.6. The van der Waals surface area contributed by atoms with Crippen molar-refractivity contribution in [3.05, 3.63) is 114 Å². The number of hydrogen-bond donors (Lipinski definition) is 0. The van der Waals surface area contributed by atoms with Gasteiger partial charge in [0.25, 0.3) is 6.47 Å². The van der Waals surface area contributed by atoms with Gasteiger partial charge in [-0.3, -0.25) is 4.79 Å². The number of para-hydroxylation sites is 1. The van der Waals surface area contributed by atoms with Crippen LogP contribution in [0.1, 0.15) is 11.8 Å². The van der Waals surface area contributed by atoms with Crippen LogP contribution in [0.15, 0.2) is 109 Å². The summed E-state index contributed by atoms with van der Waals surface area (Å²) >= 11 is 1.52. The van der Waals surface area contributed by atoms with Crippen LogP contribution >= 0.6 is 11.3 Å². The highest BCUT2D eigenvalue weighted by molar-refractivity contribution is 7.18. The van der Waals surface area contributed by atoms with Crippen LogP contribution in [0.5, 0.6) is 5.75 Å². The van der Waals surface area contributed by atoms with Gasteiger partial charge in [0, 0.05) is 21.5 Å². The molecule has 5 rings (SSSR count). The molecule has 0 aliphatic rings. The van der Waals surface area contributed by atoms with Crippen LogP contribution < -0.4 is 9.64 Å². The highest BCUT2D eigenvalue weighted by atomic mass is 32.1. The molecule has 0 aliphatic carbocycles. The summed E-state index contributed by atoms with van der Waals surface area (Å²) in [5.41, 5.74) is 4.52. The van der Waals surface area contributed by atoms with Gasteiger partial charge in [-0.25, -0.2) is 0 Å². The predicted octanol–water partition coefficient (Wildman–Crippen LogP) is 8.39. The van der Waals surface area contributed by atoms with Crippen LogP contribution in [-0.2, 0) is 4.79 Å². The first-order valence-electron chi connectivity index (χ1n) is 11.8. The molecule has 0 N–H and O–H groups in total. The van der Waals surface area contributed by atoms with E-state index >= 15 is 0 Å². The summed E-state index contributed by atoms with van der Waals surface area (Å²) in [6.07, 6.45) is 0. The normalized spacial score (nSPS) is 10.3. The van der Waals surface area contributed by atoms with Gasteiger partial charge >= 0.3 is 0 Å². The van der Waals surface area contributed by atoms with Crippen LogP contribution in [0.25, 0.3) is 27.5 Å². The minimum Gasteiger partial charge on any atom is -0.429 e. The van der Waals surface area contributed by atoms with Crippen molar-refractivity contribution < 1.29 is 9.53 Å². The molecule has 0 saturated heterocycles. The molecule has 0 saturated carbocycles. The Morgan fingerprint density at radius 3 is 2.26 bits per heavy atom. The van der Waals surface area contributed by atoms with Crippen LogP contribution in [-0.4, -0.2) is 6.47 Å². The van der Waals surface area contributed by atoms with Crippen molar-refractivity contribution in [2.24, 2.45) is 0 Å². The number of ether oxygens (including phenoxy) is 1. The predicted molar refractivity (Wildman–Crippen MR) is 152 cm³/mol. The van der Waals surface area contributed by atoms with Crippen LogP contribution in [0, 0.1) is 22.7 Å². The molecule has 0 bridgehead atoms. The second-order valence-corrected chi connectivity index (χ2v) is 9.49. The summed E-state index contributed by atoms with van der Waals surface area (Å²) in [6, 6.07) is 37.9. The van der Waals surface area contributed by atoms with E-state index in [1.807, 2.05) is 66.7 Å². The Balaban J connectivity index is 1.81. The van der Waals surface area contributed by atoms with E-state index < -0.39 is 0 Å². The topological polar surface area (TPSA) is 77.1 Å². The molecule has 1 heterocycles. The van der Waals surface area contributed by atoms with Gasteiger partial charge in [-0.05, 0) is 59.8 Å². The van der Waals surface area contributed by atoms with Crippen molar-refractivity contribution in [3.63, 3.8) is 0 Å². The zero-order chi connectivity index (χ0) is 26.5. The summed E-state index contributed by atoms with van der Waals surface area (Å²) in [4.78, 5) is 13.8. The van der Waals surface area contributed by atoms with Crippen molar-refractivity contribution in [1.82, 2.24) is 0 Å². The zero-order valence-electron chi connectivity index (χ0n) is 20.5. The van der Waals surface area contributed by atoms with E-state index in [9.17, 15) is 15.3 Å². The number of thiophene rings is 1. The third-order valence-corrected chi connectivity index (χ3v) is 7.49. The molecule has 5 aromatic rings. The summed E-state index contributed by atoms with van der Waals surface area (Å²) in [7, 11) is 0. The van der Waals surface area contributed by atoms with Crippen molar-refractivity contribution >= 4 is 50.5 Å². The zero-order valence-corrected chi connectivity index (χ0v) is 21.3. The molecule has 0 radical (unpaired) electrons. The molecule has 0 atom stereocenters. The molecule has 6 heteroatoms. The average molecular weight is 512 g/mol. The molecular formula is C32H21N3O2S. The van der Waals surface area contributed by atoms with Gasteiger partial charge in [0.15, 0.2) is 0 Å². The Bertz CT molecular complexity index is 1720. The Hall–Kier alpha value is -5.17. The summed E-state index contributed by atoms with van der Waals surface area (Å²) in [5.74, 6) is 0.446. The number of carbonyl (C=O) groups excluding carboxylic acids is 1. The van der Waals surface area contributed by atoms with Crippen molar-refractivity contribution in [2.75, 3.05) is 4.90 Å². The lowest BCUT2D eigenvalue weighted by atomic mass is 10.0. The smallest absolute Gasteiger partial charge is 0.298 e. The van der Waals surface area contributed by atoms with Crippen molar-refractivity contribution in [1.29, 1.82) is 10.5 Å². The highest BCUT2D eigenvalue weighted by Crippen LogP contribution is 2.49. The fraction of sp³-hybridized carbons (Fsp3) is 0.0312. The molecular weight excluding hydrogens is 490 g/mol. The van der Waals surface area contributed by atoms with Gasteiger partial charge in [-0.2, -0.15) is 10.5 Å². The van der Waals surface area contributed by atoms with E-state index in [0.717, 1.165) is 43.2 Å². The summed E-state index contributed by atoms with van der Waals surface area (Å²) in [5, 5.41) is 22.2. The Morgan fingerprint density at radius 1 is 0.868 bits per heavy atom. The van der Waals surface area contributed by atoms with Crippen LogP contribution in [0.3, 0.4) is 0 Å². The van der Waals surface area contributed by atoms with E-state index in [1.54, 1.807) is 19.1 Å². The number of hydrogen-bond acceptors (Lipinski definition) is 6. The molecule has 0 amide bonds. The third kappa shape index (κ3) is 4.65. The monoisotopic (exact) mass is 511 g/mol. The van der Waals surface area contributed by atoms with E-state index in [2.05, 4.69) is 41.3 Å². The third-order valence-electron chi connectivity index (χ3n) is 6.26. The minimum atomic E-state index is 0.0792. The largest absolute Gasteiger partial charge is 0.429 e. The molecule has 0 aliphatic heterocycles. The molecule has 1 aromatic heterocycles. The second kappa shape index (κ2) is 10.8. The number of anilines is 3. The lowest BCUT2D eigenvalue weighted by molar-refractivity contribution is -0.120. The van der Waals surface area contributed by atoms with Gasteiger partial charge in [0.05, 0.1) is 5.69 Å². The number of benzene rings is 4. The first-order valence-corrected chi connectivity index (χ1v) is 12.6. The number of nitrogens with zero attached hydrogens (tertiary/aromatic N) is 3. The molecule has 182 valence electrons. The maximum Gasteiger partial charge on any atom is 0.298 e. The Kier molecular flexibility index (Phi) is 6.99. The van der Waals surface area contributed by atoms with Gasteiger partial charge in [-0.15, -0.1) is 11.3 Å². The second-order valence-electron chi connectivity index (χ2n) is 8.46. The van der Waals surface area contributed by atoms with Gasteiger partial charge in [0.2, 0.25) is 0 Å². The van der Waals surface area contributed by atoms with E-state index in [0.29, 0.717) is 17.8 Å². The fourth-order valence-corrected chi connectivity index (χ4v) is 5.59. The van der Waals surface area contributed by atoms with E-state index in [-0.39, 0.29) is 5.57 Å². The standard InChI is InChI=1S/C32H21N3O2S/c1-22(25(19-33)20-34)31-18-29(24-14-16-27(17-15-24)37-21-36)32(38-31)35(26-10-3-2-4-11-26)30-13-7-9-23-8-5-6-12-28(23)30/h2-18,21H,1H3. The number of rotatable bonds is 7. The molecule has 5 nitrogen and oxygen atoms in total. The SMILES string of the molecule is CC(=C(C#N)C#N)c1cc(-c2ccc(OC=O)cc2)c(N(c2ccccc2)c2cccc3ccccc23)s1. The van der Waals surface area contributed by atoms with Crippen LogP contribution in [0.4, 0.5) is 16.4 Å². The molecule has 0 fully saturated rings. The number of carbonyl (C=O) groups is 1. The minimum absolute atomic E-state index is 0.0792. The highest BCUT2D eigenvalue weighted by Gasteiger charge is 2.23. The molecule has 0 spiro atoms. The van der Waals surface area contributed by atoms with E-state index in [1.165, 1.54) is 11.3 Å². The lowest BCUT2D eigenvalue weighted by Gasteiger charge is -2.26. The first kappa shape index (κ1) is 24.5. The number of nitriles is 2. The summed E-state index contributed by atoms with van der Waals surface area (Å²) in [6.45, 7) is 2.20. The maximum absolute atomic E-state index is 10.8. The fourth-order valence-electron chi connectivity index (χ4n) is 4.37.